The van der Waals surface area contributed by atoms with Crippen molar-refractivity contribution < 1.29 is 4.79 Å². The average Bonchev–Trinajstić information content (AvgIpc) is 2.55. The van der Waals surface area contributed by atoms with E-state index >= 15 is 0 Å². The molecule has 22 heavy (non-hydrogen) atoms. The van der Waals surface area contributed by atoms with Crippen molar-refractivity contribution in [1.29, 1.82) is 0 Å². The highest BCUT2D eigenvalue weighted by atomic mass is 16.2. The van der Waals surface area contributed by atoms with Crippen LogP contribution in [-0.2, 0) is 11.3 Å². The smallest absolute Gasteiger partial charge is 0.239 e. The van der Waals surface area contributed by atoms with Crippen LogP contribution in [0, 0.1) is 0 Å². The molecule has 0 radical (unpaired) electrons. The number of rotatable bonds is 3. The van der Waals surface area contributed by atoms with E-state index in [1.165, 1.54) is 16.3 Å². The summed E-state index contributed by atoms with van der Waals surface area (Å²) in [5.41, 5.74) is 7.03. The maximum absolute atomic E-state index is 11.9. The average molecular weight is 297 g/mol. The molecule has 3 rings (SSSR count). The molecular formula is C18H23N3O. The summed E-state index contributed by atoms with van der Waals surface area (Å²) >= 11 is 0. The summed E-state index contributed by atoms with van der Waals surface area (Å²) in [6.45, 7) is 6.03. The van der Waals surface area contributed by atoms with Crippen LogP contribution >= 0.6 is 0 Å². The van der Waals surface area contributed by atoms with Gasteiger partial charge in [-0.15, -0.1) is 0 Å². The Bertz CT molecular complexity index is 655. The van der Waals surface area contributed by atoms with Gasteiger partial charge in [0.05, 0.1) is 6.04 Å². The standard InChI is InChI=1S/C18H23N3O/c1-14(19)18(22)21-11-9-20(10-12-21)13-16-7-4-6-15-5-2-3-8-17(15)16/h2-8,14H,9-13,19H2,1H3. The van der Waals surface area contributed by atoms with Crippen molar-refractivity contribution in [2.24, 2.45) is 5.73 Å². The zero-order valence-corrected chi connectivity index (χ0v) is 13.0. The number of nitrogens with zero attached hydrogens (tertiary/aromatic N) is 2. The van der Waals surface area contributed by atoms with Crippen molar-refractivity contribution in [3.05, 3.63) is 48.0 Å². The van der Waals surface area contributed by atoms with Gasteiger partial charge in [-0.1, -0.05) is 42.5 Å². The second-order valence-corrected chi connectivity index (χ2v) is 6.03. The van der Waals surface area contributed by atoms with E-state index in [0.29, 0.717) is 0 Å². The Morgan fingerprint density at radius 1 is 1.09 bits per heavy atom. The molecule has 0 aromatic heterocycles. The van der Waals surface area contributed by atoms with E-state index in [-0.39, 0.29) is 5.91 Å². The lowest BCUT2D eigenvalue weighted by atomic mass is 10.0. The molecule has 1 amide bonds. The Hall–Kier alpha value is -1.91. The third kappa shape index (κ3) is 3.13. The van der Waals surface area contributed by atoms with Gasteiger partial charge in [-0.2, -0.15) is 0 Å². The Kier molecular flexibility index (Phi) is 4.41. The molecular weight excluding hydrogens is 274 g/mol. The lowest BCUT2D eigenvalue weighted by molar-refractivity contribution is -0.134. The fourth-order valence-electron chi connectivity index (χ4n) is 3.09. The van der Waals surface area contributed by atoms with E-state index in [4.69, 9.17) is 5.73 Å². The molecule has 0 aliphatic carbocycles. The fraction of sp³-hybridized carbons (Fsp3) is 0.389. The molecule has 1 unspecified atom stereocenters. The molecule has 0 spiro atoms. The summed E-state index contributed by atoms with van der Waals surface area (Å²) in [7, 11) is 0. The second-order valence-electron chi connectivity index (χ2n) is 6.03. The van der Waals surface area contributed by atoms with Crippen LogP contribution in [-0.4, -0.2) is 47.9 Å². The Morgan fingerprint density at radius 2 is 1.77 bits per heavy atom. The summed E-state index contributed by atoms with van der Waals surface area (Å²) in [4.78, 5) is 16.2. The normalized spacial score (nSPS) is 17.6. The van der Waals surface area contributed by atoms with Gasteiger partial charge in [-0.25, -0.2) is 0 Å². The van der Waals surface area contributed by atoms with Crippen LogP contribution in [0.15, 0.2) is 42.5 Å². The van der Waals surface area contributed by atoms with Crippen molar-refractivity contribution in [1.82, 2.24) is 9.80 Å². The highest BCUT2D eigenvalue weighted by Gasteiger charge is 2.23. The fourth-order valence-corrected chi connectivity index (χ4v) is 3.09. The molecule has 116 valence electrons. The Morgan fingerprint density at radius 3 is 2.50 bits per heavy atom. The first kappa shape index (κ1) is 15.0. The van der Waals surface area contributed by atoms with Crippen LogP contribution < -0.4 is 5.73 Å². The van der Waals surface area contributed by atoms with Crippen molar-refractivity contribution in [3.8, 4) is 0 Å². The van der Waals surface area contributed by atoms with Crippen LogP contribution in [0.4, 0.5) is 0 Å². The lowest BCUT2D eigenvalue weighted by Gasteiger charge is -2.35. The minimum absolute atomic E-state index is 0.0600. The summed E-state index contributed by atoms with van der Waals surface area (Å²) in [5, 5.41) is 2.60. The van der Waals surface area contributed by atoms with E-state index in [2.05, 4.69) is 47.4 Å². The molecule has 1 heterocycles. The number of carbonyl (C=O) groups excluding carboxylic acids is 1. The SMILES string of the molecule is CC(N)C(=O)N1CCN(Cc2cccc3ccccc23)CC1. The maximum atomic E-state index is 11.9. The van der Waals surface area contributed by atoms with Crippen LogP contribution in [0.3, 0.4) is 0 Å². The molecule has 1 fully saturated rings. The van der Waals surface area contributed by atoms with E-state index in [1.54, 1.807) is 6.92 Å². The van der Waals surface area contributed by atoms with Crippen LogP contribution in [0.1, 0.15) is 12.5 Å². The van der Waals surface area contributed by atoms with Gasteiger partial charge in [0, 0.05) is 32.7 Å². The van der Waals surface area contributed by atoms with E-state index in [0.717, 1.165) is 32.7 Å². The summed E-state index contributed by atoms with van der Waals surface area (Å²) < 4.78 is 0. The minimum Gasteiger partial charge on any atom is -0.339 e. The zero-order chi connectivity index (χ0) is 15.5. The highest BCUT2D eigenvalue weighted by molar-refractivity contribution is 5.85. The third-order valence-corrected chi connectivity index (χ3v) is 4.35. The first-order chi connectivity index (χ1) is 10.6. The third-order valence-electron chi connectivity index (χ3n) is 4.35. The summed E-state index contributed by atoms with van der Waals surface area (Å²) in [6.07, 6.45) is 0. The van der Waals surface area contributed by atoms with Gasteiger partial charge in [0.1, 0.15) is 0 Å². The number of piperazine rings is 1. The molecule has 1 aliphatic rings. The Balaban J connectivity index is 1.66. The number of fused-ring (bicyclic) bond motifs is 1. The number of hydrogen-bond acceptors (Lipinski definition) is 3. The van der Waals surface area contributed by atoms with Crippen molar-refractivity contribution in [2.75, 3.05) is 26.2 Å². The molecule has 0 saturated carbocycles. The van der Waals surface area contributed by atoms with Gasteiger partial charge in [0.25, 0.3) is 0 Å². The molecule has 2 aromatic rings. The van der Waals surface area contributed by atoms with Crippen LogP contribution in [0.2, 0.25) is 0 Å². The molecule has 1 atom stereocenters. The van der Waals surface area contributed by atoms with Crippen molar-refractivity contribution >= 4 is 16.7 Å². The van der Waals surface area contributed by atoms with Gasteiger partial charge < -0.3 is 10.6 Å². The van der Waals surface area contributed by atoms with Crippen LogP contribution in [0.5, 0.6) is 0 Å². The van der Waals surface area contributed by atoms with Crippen molar-refractivity contribution in [2.45, 2.75) is 19.5 Å². The first-order valence-corrected chi connectivity index (χ1v) is 7.88. The van der Waals surface area contributed by atoms with Gasteiger partial charge in [0.15, 0.2) is 0 Å². The molecule has 4 heteroatoms. The minimum atomic E-state index is -0.399. The van der Waals surface area contributed by atoms with Gasteiger partial charge in [-0.3, -0.25) is 9.69 Å². The molecule has 2 N–H and O–H groups in total. The zero-order valence-electron chi connectivity index (χ0n) is 13.0. The predicted molar refractivity (Wildman–Crippen MR) is 89.5 cm³/mol. The van der Waals surface area contributed by atoms with E-state index < -0.39 is 6.04 Å². The summed E-state index contributed by atoms with van der Waals surface area (Å²) in [5.74, 6) is 0.0600. The van der Waals surface area contributed by atoms with Crippen LogP contribution in [0.25, 0.3) is 10.8 Å². The Labute approximate surface area is 131 Å². The largest absolute Gasteiger partial charge is 0.339 e. The monoisotopic (exact) mass is 297 g/mol. The predicted octanol–water partition coefficient (Wildman–Crippen LogP) is 1.83. The van der Waals surface area contributed by atoms with Crippen molar-refractivity contribution in [3.63, 3.8) is 0 Å². The number of carbonyl (C=O) groups is 1. The molecule has 1 aliphatic heterocycles. The number of hydrogen-bond donors (Lipinski definition) is 1. The van der Waals surface area contributed by atoms with Gasteiger partial charge in [0.2, 0.25) is 5.91 Å². The first-order valence-electron chi connectivity index (χ1n) is 7.88. The maximum Gasteiger partial charge on any atom is 0.239 e. The van der Waals surface area contributed by atoms with E-state index in [1.807, 2.05) is 4.90 Å². The number of benzene rings is 2. The molecule has 2 aromatic carbocycles. The number of amides is 1. The molecule has 1 saturated heterocycles. The molecule has 4 nitrogen and oxygen atoms in total. The molecule has 0 bridgehead atoms. The number of nitrogens with two attached hydrogens (primary N) is 1. The lowest BCUT2D eigenvalue weighted by Crippen LogP contribution is -2.52. The second kappa shape index (κ2) is 6.46. The van der Waals surface area contributed by atoms with E-state index in [9.17, 15) is 4.79 Å². The quantitative estimate of drug-likeness (QED) is 0.940. The highest BCUT2D eigenvalue weighted by Crippen LogP contribution is 2.20. The van der Waals surface area contributed by atoms with Gasteiger partial charge in [-0.05, 0) is 23.3 Å². The summed E-state index contributed by atoms with van der Waals surface area (Å²) in [6, 6.07) is 14.6. The van der Waals surface area contributed by atoms with Gasteiger partial charge >= 0.3 is 0 Å². The topological polar surface area (TPSA) is 49.6 Å².